The summed E-state index contributed by atoms with van der Waals surface area (Å²) in [5.41, 5.74) is 1.03. The van der Waals surface area contributed by atoms with Crippen LogP contribution in [0.3, 0.4) is 0 Å². The van der Waals surface area contributed by atoms with Crippen LogP contribution in [0.25, 0.3) is 21.9 Å². The fourth-order valence-corrected chi connectivity index (χ4v) is 6.89. The molecule has 3 aromatic heterocycles. The maximum absolute atomic E-state index is 12.7. The molecule has 10 heteroatoms. The molecule has 0 aromatic carbocycles. The second-order valence-electron chi connectivity index (χ2n) is 10.5. The number of aliphatic hydroxyl groups is 1. The van der Waals surface area contributed by atoms with Gasteiger partial charge in [0.15, 0.2) is 5.65 Å². The molecule has 3 heterocycles. The molecule has 4 saturated carbocycles. The summed E-state index contributed by atoms with van der Waals surface area (Å²) in [4.78, 5) is 33.9. The predicted octanol–water partition coefficient (Wildman–Crippen LogP) is 2.11. The van der Waals surface area contributed by atoms with Crippen LogP contribution in [0.15, 0.2) is 18.5 Å². The predicted molar refractivity (Wildman–Crippen MR) is 125 cm³/mol. The summed E-state index contributed by atoms with van der Waals surface area (Å²) < 4.78 is 7.28. The van der Waals surface area contributed by atoms with Crippen LogP contribution < -0.4 is 10.6 Å². The van der Waals surface area contributed by atoms with Crippen molar-refractivity contribution in [2.24, 2.45) is 17.8 Å². The summed E-state index contributed by atoms with van der Waals surface area (Å²) in [5.74, 6) is 0.268. The van der Waals surface area contributed by atoms with Gasteiger partial charge in [0.1, 0.15) is 5.82 Å². The van der Waals surface area contributed by atoms with Crippen molar-refractivity contribution in [2.45, 2.75) is 56.8 Å². The molecular weight excluding hydrogens is 436 g/mol. The molecule has 4 aliphatic rings. The SMILES string of the molecule is COC(C)CNC(=O)C(=O)Nc1[nH]n(C2[C@@H]3CC4C[C@H]2CC(O)(C4)C3)c2c1cnc1nccc12. The fourth-order valence-electron chi connectivity index (χ4n) is 6.89. The number of amides is 2. The van der Waals surface area contributed by atoms with Crippen molar-refractivity contribution < 1.29 is 19.4 Å². The van der Waals surface area contributed by atoms with Gasteiger partial charge in [-0.05, 0) is 62.8 Å². The highest BCUT2D eigenvalue weighted by atomic mass is 16.5. The maximum Gasteiger partial charge on any atom is 0.314 e. The summed E-state index contributed by atoms with van der Waals surface area (Å²) in [5, 5.41) is 21.5. The van der Waals surface area contributed by atoms with Crippen LogP contribution in [0.1, 0.15) is 45.1 Å². The standard InChI is InChI=1S/C24H30N6O4/c1-12(34-2)10-27-22(31)23(32)28-21-17-11-26-20-16(3-4-25-20)19(17)30(29-21)18-14-5-13-6-15(18)9-24(33,7-13)8-14/h3-4,11-15,18,29,33H,5-10H2,1-2H3,(H,27,31)(H,28,32)/t12?,13?,14-,15+,18?,24?. The van der Waals surface area contributed by atoms with Crippen molar-refractivity contribution in [2.75, 3.05) is 19.0 Å². The van der Waals surface area contributed by atoms with Crippen LogP contribution >= 0.6 is 0 Å². The van der Waals surface area contributed by atoms with Crippen molar-refractivity contribution in [3.63, 3.8) is 0 Å². The van der Waals surface area contributed by atoms with E-state index in [1.807, 2.05) is 13.0 Å². The van der Waals surface area contributed by atoms with Gasteiger partial charge in [0.2, 0.25) is 0 Å². The number of aromatic nitrogens is 4. The molecule has 4 unspecified atom stereocenters. The Morgan fingerprint density at radius 2 is 2.00 bits per heavy atom. The maximum atomic E-state index is 12.7. The number of anilines is 1. The van der Waals surface area contributed by atoms with E-state index in [-0.39, 0.29) is 18.7 Å². The van der Waals surface area contributed by atoms with Gasteiger partial charge in [-0.2, -0.15) is 0 Å². The minimum absolute atomic E-state index is 0.182. The lowest BCUT2D eigenvalue weighted by molar-refractivity contribution is -0.148. The normalized spacial score (nSPS) is 30.7. The van der Waals surface area contributed by atoms with E-state index in [0.29, 0.717) is 29.2 Å². The van der Waals surface area contributed by atoms with Crippen LogP contribution in [-0.4, -0.2) is 62.0 Å². The number of aromatic amines is 1. The van der Waals surface area contributed by atoms with Crippen LogP contribution in [0.5, 0.6) is 0 Å². The molecule has 4 bridgehead atoms. The molecule has 4 N–H and O–H groups in total. The molecular formula is C24H30N6O4. The zero-order valence-corrected chi connectivity index (χ0v) is 19.4. The third kappa shape index (κ3) is 3.39. The molecule has 2 amide bonds. The zero-order chi connectivity index (χ0) is 23.6. The average molecular weight is 467 g/mol. The molecule has 180 valence electrons. The molecule has 34 heavy (non-hydrogen) atoms. The van der Waals surface area contributed by atoms with E-state index < -0.39 is 17.4 Å². The number of carbonyl (C=O) groups is 2. The second-order valence-corrected chi connectivity index (χ2v) is 10.5. The number of hydrogen-bond donors (Lipinski definition) is 4. The van der Waals surface area contributed by atoms with Gasteiger partial charge in [-0.1, -0.05) is 0 Å². The summed E-state index contributed by atoms with van der Waals surface area (Å²) in [6.07, 6.45) is 7.96. The monoisotopic (exact) mass is 466 g/mol. The molecule has 0 radical (unpaired) electrons. The minimum Gasteiger partial charge on any atom is -0.390 e. The van der Waals surface area contributed by atoms with E-state index >= 15 is 0 Å². The molecule has 4 aliphatic carbocycles. The molecule has 0 spiro atoms. The first-order valence-corrected chi connectivity index (χ1v) is 12.0. The van der Waals surface area contributed by atoms with E-state index in [4.69, 9.17) is 4.74 Å². The summed E-state index contributed by atoms with van der Waals surface area (Å²) in [7, 11) is 1.55. The number of fused-ring (bicyclic) bond motifs is 3. The Morgan fingerprint density at radius 1 is 1.24 bits per heavy atom. The number of rotatable bonds is 5. The van der Waals surface area contributed by atoms with Crippen molar-refractivity contribution in [1.82, 2.24) is 25.1 Å². The van der Waals surface area contributed by atoms with Gasteiger partial charge in [-0.3, -0.25) is 19.4 Å². The van der Waals surface area contributed by atoms with E-state index in [1.54, 1.807) is 19.5 Å². The van der Waals surface area contributed by atoms with Gasteiger partial charge in [-0.15, -0.1) is 0 Å². The van der Waals surface area contributed by atoms with Crippen LogP contribution in [0.4, 0.5) is 5.82 Å². The van der Waals surface area contributed by atoms with Crippen LogP contribution in [-0.2, 0) is 14.3 Å². The van der Waals surface area contributed by atoms with Gasteiger partial charge in [0, 0.05) is 31.4 Å². The molecule has 4 fully saturated rings. The highest BCUT2D eigenvalue weighted by molar-refractivity contribution is 6.40. The molecule has 3 aromatic rings. The summed E-state index contributed by atoms with van der Waals surface area (Å²) >= 11 is 0. The Bertz CT molecular complexity index is 1270. The van der Waals surface area contributed by atoms with Crippen LogP contribution in [0, 0.1) is 17.8 Å². The first-order valence-electron chi connectivity index (χ1n) is 12.0. The number of methoxy groups -OCH3 is 1. The molecule has 7 rings (SSSR count). The highest BCUT2D eigenvalue weighted by Crippen LogP contribution is 2.60. The number of pyridine rings is 1. The van der Waals surface area contributed by atoms with E-state index in [0.717, 1.165) is 48.4 Å². The number of hydrogen-bond acceptors (Lipinski definition) is 6. The van der Waals surface area contributed by atoms with Gasteiger partial charge >= 0.3 is 11.8 Å². The van der Waals surface area contributed by atoms with Gasteiger partial charge in [0.05, 0.1) is 28.6 Å². The summed E-state index contributed by atoms with van der Waals surface area (Å²) in [6, 6.07) is 2.12. The lowest BCUT2D eigenvalue weighted by Crippen LogP contribution is -2.55. The van der Waals surface area contributed by atoms with Crippen molar-refractivity contribution in [3.8, 4) is 0 Å². The third-order valence-corrected chi connectivity index (χ3v) is 8.13. The van der Waals surface area contributed by atoms with E-state index in [1.165, 1.54) is 0 Å². The number of nitrogens with one attached hydrogen (secondary N) is 3. The van der Waals surface area contributed by atoms with Crippen LogP contribution in [0.2, 0.25) is 0 Å². The smallest absolute Gasteiger partial charge is 0.314 e. The van der Waals surface area contributed by atoms with Crippen molar-refractivity contribution >= 4 is 39.6 Å². The van der Waals surface area contributed by atoms with Crippen molar-refractivity contribution in [1.29, 1.82) is 0 Å². The van der Waals surface area contributed by atoms with E-state index in [9.17, 15) is 14.7 Å². The lowest BCUT2D eigenvalue weighted by atomic mass is 9.52. The zero-order valence-electron chi connectivity index (χ0n) is 19.4. The number of H-pyrrole nitrogens is 1. The third-order valence-electron chi connectivity index (χ3n) is 8.13. The van der Waals surface area contributed by atoms with Crippen molar-refractivity contribution in [3.05, 3.63) is 18.5 Å². The molecule has 6 atom stereocenters. The second kappa shape index (κ2) is 7.78. The Balaban J connectivity index is 1.37. The highest BCUT2D eigenvalue weighted by Gasteiger charge is 2.55. The Hall–Kier alpha value is -2.98. The van der Waals surface area contributed by atoms with Gasteiger partial charge < -0.3 is 20.5 Å². The van der Waals surface area contributed by atoms with Gasteiger partial charge in [-0.25, -0.2) is 9.97 Å². The first kappa shape index (κ1) is 21.5. The topological polar surface area (TPSA) is 134 Å². The summed E-state index contributed by atoms with van der Waals surface area (Å²) in [6.45, 7) is 2.05. The fraction of sp³-hybridized carbons (Fsp3) is 0.583. The molecule has 10 nitrogen and oxygen atoms in total. The quantitative estimate of drug-likeness (QED) is 0.426. The Labute approximate surface area is 196 Å². The number of nitrogens with zero attached hydrogens (tertiary/aromatic N) is 3. The van der Waals surface area contributed by atoms with Gasteiger partial charge in [0.25, 0.3) is 0 Å². The minimum atomic E-state index is -0.751. The molecule has 0 saturated heterocycles. The Morgan fingerprint density at radius 3 is 2.71 bits per heavy atom. The lowest BCUT2D eigenvalue weighted by Gasteiger charge is -2.58. The Kier molecular flexibility index (Phi) is 4.93. The largest absolute Gasteiger partial charge is 0.390 e. The molecule has 0 aliphatic heterocycles. The number of carbonyl (C=O) groups excluding carboxylic acids is 2. The number of ether oxygens (including phenoxy) is 1. The average Bonchev–Trinajstić information content (AvgIpc) is 3.40. The van der Waals surface area contributed by atoms with E-state index in [2.05, 4.69) is 30.4 Å². The first-order chi connectivity index (χ1) is 16.3.